The van der Waals surface area contributed by atoms with E-state index in [1.807, 2.05) is 17.8 Å². The summed E-state index contributed by atoms with van der Waals surface area (Å²) in [7, 11) is 0. The van der Waals surface area contributed by atoms with Gasteiger partial charge in [-0.3, -0.25) is 9.69 Å². The lowest BCUT2D eigenvalue weighted by atomic mass is 9.84. The Morgan fingerprint density at radius 2 is 1.50 bits per heavy atom. The highest BCUT2D eigenvalue weighted by molar-refractivity contribution is 8.23. The van der Waals surface area contributed by atoms with E-state index in [1.165, 1.54) is 16.7 Å². The molecule has 0 aliphatic carbocycles. The number of thioether (sulfide) groups is 2. The number of benzene rings is 3. The topological polar surface area (TPSA) is 40.5 Å². The minimum Gasteiger partial charge on any atom is -0.389 e. The molecule has 198 valence electrons. The molecule has 2 atom stereocenters. The fraction of sp³-hybridized carbons (Fsp3) is 0.312. The van der Waals surface area contributed by atoms with Gasteiger partial charge in [-0.05, 0) is 34.8 Å². The van der Waals surface area contributed by atoms with Crippen molar-refractivity contribution in [3.05, 3.63) is 120 Å². The number of rotatable bonds is 11. The number of hydrogen-bond donors (Lipinski definition) is 1. The molecule has 1 fully saturated rings. The van der Waals surface area contributed by atoms with E-state index in [2.05, 4.69) is 105 Å². The highest BCUT2D eigenvalue weighted by atomic mass is 32.2. The van der Waals surface area contributed by atoms with Crippen molar-refractivity contribution in [3.63, 3.8) is 0 Å². The smallest absolute Gasteiger partial charge is 0.231 e. The number of thiocarbonyl (C=S) groups is 1. The number of amides is 1. The SMILES string of the molecule is CC(C)[C@@H]1CSC(=S)N1C(=O)C[C@H](O)C=CCCSC(c1ccccc1)(c1ccccc1)c1ccccc1. The summed E-state index contributed by atoms with van der Waals surface area (Å²) >= 11 is 8.85. The van der Waals surface area contributed by atoms with Gasteiger partial charge in [-0.2, -0.15) is 0 Å². The quantitative estimate of drug-likeness (QED) is 0.115. The molecule has 1 amide bonds. The van der Waals surface area contributed by atoms with Crippen LogP contribution in [0.2, 0.25) is 0 Å². The monoisotopic (exact) mass is 561 g/mol. The van der Waals surface area contributed by atoms with E-state index in [1.54, 1.807) is 22.7 Å². The number of hydrogen-bond acceptors (Lipinski definition) is 5. The second-order valence-corrected chi connectivity index (χ2v) is 12.7. The molecule has 0 saturated carbocycles. The number of carbonyl (C=O) groups excluding carboxylic acids is 1. The molecule has 1 saturated heterocycles. The first-order chi connectivity index (χ1) is 18.4. The number of allylic oxidation sites excluding steroid dienone is 1. The summed E-state index contributed by atoms with van der Waals surface area (Å²) in [5.41, 5.74) is 3.70. The summed E-state index contributed by atoms with van der Waals surface area (Å²) in [6.45, 7) is 4.21. The highest BCUT2D eigenvalue weighted by Gasteiger charge is 2.37. The van der Waals surface area contributed by atoms with Crippen molar-refractivity contribution >= 4 is 46.0 Å². The maximum absolute atomic E-state index is 12.9. The number of nitrogens with zero attached hydrogens (tertiary/aromatic N) is 1. The normalized spacial score (nSPS) is 16.9. The van der Waals surface area contributed by atoms with Gasteiger partial charge in [0, 0.05) is 11.8 Å². The van der Waals surface area contributed by atoms with E-state index in [-0.39, 0.29) is 23.1 Å². The summed E-state index contributed by atoms with van der Waals surface area (Å²) in [5, 5.41) is 10.6. The number of aliphatic hydroxyl groups is 1. The standard InChI is InChI=1S/C32H35NO2S3/c1-24(2)29-23-37-31(36)33(29)30(35)22-28(34)20-12-13-21-38-32(25-14-6-3-7-15-25,26-16-8-4-9-17-26)27-18-10-5-11-19-27/h3-12,14-20,24,28-29,34H,13,21-23H2,1-2H3/t28-,29+/m1/s1. The average Bonchev–Trinajstić information content (AvgIpc) is 3.34. The van der Waals surface area contributed by atoms with Crippen molar-refractivity contribution in [1.29, 1.82) is 0 Å². The molecule has 0 radical (unpaired) electrons. The van der Waals surface area contributed by atoms with Crippen molar-refractivity contribution in [2.24, 2.45) is 5.92 Å². The van der Waals surface area contributed by atoms with Crippen LogP contribution in [0.4, 0.5) is 0 Å². The molecule has 4 rings (SSSR count). The maximum atomic E-state index is 12.9. The first kappa shape index (κ1) is 28.6. The van der Waals surface area contributed by atoms with Crippen molar-refractivity contribution in [1.82, 2.24) is 4.90 Å². The largest absolute Gasteiger partial charge is 0.389 e. The molecule has 1 aliphatic heterocycles. The highest BCUT2D eigenvalue weighted by Crippen LogP contribution is 2.48. The zero-order valence-corrected chi connectivity index (χ0v) is 24.4. The molecule has 6 heteroatoms. The van der Waals surface area contributed by atoms with Gasteiger partial charge in [-0.25, -0.2) is 0 Å². The number of carbonyl (C=O) groups is 1. The van der Waals surface area contributed by atoms with Crippen molar-refractivity contribution in [2.75, 3.05) is 11.5 Å². The summed E-state index contributed by atoms with van der Waals surface area (Å²) in [6, 6.07) is 32.0. The molecule has 3 nitrogen and oxygen atoms in total. The third kappa shape index (κ3) is 6.60. The molecule has 0 bridgehead atoms. The van der Waals surface area contributed by atoms with E-state index >= 15 is 0 Å². The maximum Gasteiger partial charge on any atom is 0.231 e. The Hall–Kier alpha value is -2.38. The molecule has 1 N–H and O–H groups in total. The van der Waals surface area contributed by atoms with Crippen LogP contribution in [0.25, 0.3) is 0 Å². The molecular formula is C32H35NO2S3. The van der Waals surface area contributed by atoms with Crippen LogP contribution in [0.15, 0.2) is 103 Å². The Morgan fingerprint density at radius 3 is 1.97 bits per heavy atom. The molecule has 0 unspecified atom stereocenters. The predicted molar refractivity (Wildman–Crippen MR) is 167 cm³/mol. The molecule has 0 spiro atoms. The van der Waals surface area contributed by atoms with Gasteiger partial charge >= 0.3 is 0 Å². The molecule has 3 aromatic carbocycles. The average molecular weight is 562 g/mol. The summed E-state index contributed by atoms with van der Waals surface area (Å²) in [4.78, 5) is 14.6. The van der Waals surface area contributed by atoms with E-state index in [4.69, 9.17) is 12.2 Å². The second kappa shape index (κ2) is 13.6. The Balaban J connectivity index is 1.46. The Kier molecular flexibility index (Phi) is 10.3. The third-order valence-corrected chi connectivity index (χ3v) is 9.91. The lowest BCUT2D eigenvalue weighted by Gasteiger charge is -2.35. The molecular weight excluding hydrogens is 527 g/mol. The van der Waals surface area contributed by atoms with Gasteiger partial charge in [0.05, 0.1) is 17.3 Å². The minimum absolute atomic E-state index is 0.0511. The van der Waals surface area contributed by atoms with Crippen LogP contribution >= 0.6 is 35.7 Å². The van der Waals surface area contributed by atoms with Gasteiger partial charge in [-0.15, -0.1) is 11.8 Å². The molecule has 38 heavy (non-hydrogen) atoms. The van der Waals surface area contributed by atoms with Crippen LogP contribution in [0.5, 0.6) is 0 Å². The van der Waals surface area contributed by atoms with Gasteiger partial charge in [-0.1, -0.05) is 141 Å². The second-order valence-electron chi connectivity index (χ2n) is 9.77. The van der Waals surface area contributed by atoms with E-state index in [9.17, 15) is 9.90 Å². The van der Waals surface area contributed by atoms with Gasteiger partial charge in [0.1, 0.15) is 4.32 Å². The first-order valence-electron chi connectivity index (χ1n) is 13.1. The molecule has 0 aromatic heterocycles. The van der Waals surface area contributed by atoms with Crippen molar-refractivity contribution < 1.29 is 9.90 Å². The van der Waals surface area contributed by atoms with E-state index < -0.39 is 6.10 Å². The minimum atomic E-state index is -0.823. The Labute approximate surface area is 240 Å². The van der Waals surface area contributed by atoms with Crippen molar-refractivity contribution in [2.45, 2.75) is 43.6 Å². The zero-order chi connectivity index (χ0) is 27.0. The van der Waals surface area contributed by atoms with Gasteiger partial charge < -0.3 is 5.11 Å². The van der Waals surface area contributed by atoms with Crippen LogP contribution in [0.3, 0.4) is 0 Å². The molecule has 1 heterocycles. The van der Waals surface area contributed by atoms with Crippen molar-refractivity contribution in [3.8, 4) is 0 Å². The number of aliphatic hydroxyl groups excluding tert-OH is 1. The van der Waals surface area contributed by atoms with Crippen LogP contribution in [-0.2, 0) is 9.54 Å². The predicted octanol–water partition coefficient (Wildman–Crippen LogP) is 7.29. The third-order valence-electron chi connectivity index (χ3n) is 6.83. The zero-order valence-electron chi connectivity index (χ0n) is 21.9. The Bertz CT molecular complexity index is 1120. The summed E-state index contributed by atoms with van der Waals surface area (Å²) in [6.07, 6.45) is 3.75. The summed E-state index contributed by atoms with van der Waals surface area (Å²) in [5.74, 6) is 1.91. The van der Waals surface area contributed by atoms with Crippen LogP contribution in [-0.4, -0.2) is 43.9 Å². The van der Waals surface area contributed by atoms with Crippen LogP contribution in [0, 0.1) is 5.92 Å². The Morgan fingerprint density at radius 1 is 1.00 bits per heavy atom. The lowest BCUT2D eigenvalue weighted by Crippen LogP contribution is -2.42. The fourth-order valence-corrected chi connectivity index (χ4v) is 7.99. The summed E-state index contributed by atoms with van der Waals surface area (Å²) < 4.78 is 0.265. The fourth-order valence-electron chi connectivity index (χ4n) is 4.86. The van der Waals surface area contributed by atoms with Gasteiger partial charge in [0.15, 0.2) is 0 Å². The molecule has 1 aliphatic rings. The van der Waals surface area contributed by atoms with Crippen LogP contribution < -0.4 is 0 Å². The lowest BCUT2D eigenvalue weighted by molar-refractivity contribution is -0.130. The van der Waals surface area contributed by atoms with Crippen LogP contribution in [0.1, 0.15) is 43.4 Å². The first-order valence-corrected chi connectivity index (χ1v) is 15.5. The van der Waals surface area contributed by atoms with E-state index in [0.717, 1.165) is 17.9 Å². The van der Waals surface area contributed by atoms with Gasteiger partial charge in [0.25, 0.3) is 0 Å². The molecule has 3 aromatic rings. The van der Waals surface area contributed by atoms with E-state index in [0.29, 0.717) is 10.2 Å². The van der Waals surface area contributed by atoms with Gasteiger partial charge in [0.2, 0.25) is 5.91 Å².